The number of hydrogen-bond donors (Lipinski definition) is 0. The molecule has 2 heterocycles. The highest BCUT2D eigenvalue weighted by Crippen LogP contribution is 2.39. The molecule has 0 unspecified atom stereocenters. The van der Waals surface area contributed by atoms with E-state index < -0.39 is 0 Å². The van der Waals surface area contributed by atoms with Crippen molar-refractivity contribution in [3.63, 3.8) is 0 Å². The van der Waals surface area contributed by atoms with Crippen LogP contribution >= 0.6 is 0 Å². The number of fused-ring (bicyclic) bond motifs is 1. The predicted octanol–water partition coefficient (Wildman–Crippen LogP) is 6.98. The Morgan fingerprint density at radius 2 is 1.75 bits per heavy atom. The van der Waals surface area contributed by atoms with Crippen LogP contribution in [0.25, 0.3) is 33.9 Å². The molecule has 1 aliphatic carbocycles. The molecule has 0 N–H and O–H groups in total. The average Bonchev–Trinajstić information content (AvgIpc) is 3.52. The number of ether oxygens (including phenoxy) is 2. The van der Waals surface area contributed by atoms with E-state index >= 15 is 0 Å². The van der Waals surface area contributed by atoms with E-state index in [1.165, 1.54) is 22.3 Å². The van der Waals surface area contributed by atoms with Gasteiger partial charge in [-0.25, -0.2) is 9.67 Å². The lowest BCUT2D eigenvalue weighted by atomic mass is 9.94. The van der Waals surface area contributed by atoms with E-state index in [0.29, 0.717) is 18.3 Å². The molecule has 0 atom stereocenters. The van der Waals surface area contributed by atoms with Crippen molar-refractivity contribution in [3.8, 4) is 45.4 Å². The van der Waals surface area contributed by atoms with Crippen LogP contribution in [0.5, 0.6) is 11.5 Å². The minimum atomic E-state index is 0.340. The van der Waals surface area contributed by atoms with Crippen LogP contribution in [-0.2, 0) is 0 Å². The topological polar surface area (TPSA) is 54.1 Å². The highest BCUT2D eigenvalue weighted by molar-refractivity contribution is 5.77. The van der Waals surface area contributed by atoms with Crippen LogP contribution in [0.15, 0.2) is 67.0 Å². The molecule has 0 saturated heterocycles. The minimum Gasteiger partial charge on any atom is -0.494 e. The molecular weight excluding hydrogens is 448 g/mol. The van der Waals surface area contributed by atoms with Crippen molar-refractivity contribution in [2.45, 2.75) is 40.5 Å². The normalized spacial score (nSPS) is 11.4. The molecule has 6 heteroatoms. The van der Waals surface area contributed by atoms with Crippen molar-refractivity contribution in [1.29, 1.82) is 0 Å². The molecule has 0 saturated carbocycles. The van der Waals surface area contributed by atoms with Crippen molar-refractivity contribution < 1.29 is 9.47 Å². The van der Waals surface area contributed by atoms with Crippen LogP contribution in [0.4, 0.5) is 0 Å². The van der Waals surface area contributed by atoms with E-state index in [1.54, 1.807) is 18.1 Å². The van der Waals surface area contributed by atoms with Crippen molar-refractivity contribution in [3.05, 3.63) is 83.9 Å². The lowest BCUT2D eigenvalue weighted by Crippen LogP contribution is -2.07. The zero-order valence-corrected chi connectivity index (χ0v) is 21.7. The zero-order chi connectivity index (χ0) is 25.4. The molecule has 0 spiro atoms. The number of rotatable bonds is 7. The van der Waals surface area contributed by atoms with Gasteiger partial charge in [-0.05, 0) is 79.8 Å². The first-order chi connectivity index (χ1) is 17.4. The molecule has 0 bridgehead atoms. The van der Waals surface area contributed by atoms with Gasteiger partial charge in [0, 0.05) is 11.6 Å². The zero-order valence-electron chi connectivity index (χ0n) is 21.7. The fourth-order valence-corrected chi connectivity index (χ4v) is 4.79. The van der Waals surface area contributed by atoms with Crippen LogP contribution in [0.2, 0.25) is 0 Å². The SMILES string of the molecule is CCOc1cc(C)c(-c2ccc3cccc-3n2-c2ccc(-n3cnc(C)n3)c(OC)c2)cc1C(C)C. The van der Waals surface area contributed by atoms with Crippen LogP contribution in [0.3, 0.4) is 0 Å². The second-order valence-electron chi connectivity index (χ2n) is 9.31. The van der Waals surface area contributed by atoms with Crippen LogP contribution in [0.1, 0.15) is 43.6 Å². The minimum absolute atomic E-state index is 0.340. The Hall–Kier alpha value is -4.06. The largest absolute Gasteiger partial charge is 0.494 e. The van der Waals surface area contributed by atoms with Gasteiger partial charge in [0.1, 0.15) is 29.3 Å². The van der Waals surface area contributed by atoms with Crippen molar-refractivity contribution in [2.75, 3.05) is 13.7 Å². The monoisotopic (exact) mass is 480 g/mol. The number of nitrogens with zero attached hydrogens (tertiary/aromatic N) is 4. The molecule has 0 radical (unpaired) electrons. The summed E-state index contributed by atoms with van der Waals surface area (Å²) in [5, 5.41) is 4.47. The Morgan fingerprint density at radius 3 is 2.44 bits per heavy atom. The molecule has 0 fully saturated rings. The summed E-state index contributed by atoms with van der Waals surface area (Å²) in [5.74, 6) is 2.74. The van der Waals surface area contributed by atoms with Gasteiger partial charge < -0.3 is 14.0 Å². The summed E-state index contributed by atoms with van der Waals surface area (Å²) in [4.78, 5) is 4.27. The van der Waals surface area contributed by atoms with Crippen molar-refractivity contribution in [2.24, 2.45) is 0 Å². The van der Waals surface area contributed by atoms with Crippen molar-refractivity contribution >= 4 is 0 Å². The molecule has 36 heavy (non-hydrogen) atoms. The lowest BCUT2D eigenvalue weighted by Gasteiger charge is -2.23. The standard InChI is InChI=1S/C30H32N4O2/c1-7-36-29-15-20(4)25(17-24(29)19(2)3)27-13-11-22-9-8-10-26(22)34(27)23-12-14-28(30(16-23)35-6)33-18-31-21(5)32-33/h8-19H,7H2,1-6H3. The summed E-state index contributed by atoms with van der Waals surface area (Å²) in [6, 6.07) is 21.5. The fraction of sp³-hybridized carbons (Fsp3) is 0.267. The van der Waals surface area contributed by atoms with Gasteiger partial charge in [0.2, 0.25) is 0 Å². The smallest absolute Gasteiger partial charge is 0.147 e. The maximum absolute atomic E-state index is 5.99. The van der Waals surface area contributed by atoms with Crippen LogP contribution in [-0.4, -0.2) is 33.0 Å². The molecule has 6 nitrogen and oxygen atoms in total. The molecule has 184 valence electrons. The lowest BCUT2D eigenvalue weighted by molar-refractivity contribution is 0.335. The number of benzene rings is 2. The maximum atomic E-state index is 5.99. The average molecular weight is 481 g/mol. The number of methoxy groups -OCH3 is 1. The Bertz CT molecular complexity index is 1490. The highest BCUT2D eigenvalue weighted by Gasteiger charge is 2.20. The van der Waals surface area contributed by atoms with Gasteiger partial charge in [-0.3, -0.25) is 0 Å². The van der Waals surface area contributed by atoms with Gasteiger partial charge in [0.15, 0.2) is 0 Å². The van der Waals surface area contributed by atoms with E-state index in [2.05, 4.69) is 90.0 Å². The Morgan fingerprint density at radius 1 is 0.917 bits per heavy atom. The number of pyridine rings is 1. The number of hydrogen-bond acceptors (Lipinski definition) is 4. The van der Waals surface area contributed by atoms with Gasteiger partial charge in [-0.15, -0.1) is 0 Å². The third kappa shape index (κ3) is 4.13. The maximum Gasteiger partial charge on any atom is 0.147 e. The second kappa shape index (κ2) is 9.53. The molecular formula is C30H32N4O2. The van der Waals surface area contributed by atoms with Crippen LogP contribution < -0.4 is 9.47 Å². The van der Waals surface area contributed by atoms with E-state index in [0.717, 1.165) is 34.3 Å². The van der Waals surface area contributed by atoms with Crippen molar-refractivity contribution in [1.82, 2.24) is 19.3 Å². The molecule has 1 aromatic heterocycles. The summed E-state index contributed by atoms with van der Waals surface area (Å²) in [6.45, 7) is 11.1. The van der Waals surface area contributed by atoms with Gasteiger partial charge in [0.05, 0.1) is 30.8 Å². The molecule has 1 aliphatic heterocycles. The summed E-state index contributed by atoms with van der Waals surface area (Å²) in [7, 11) is 1.69. The molecule has 5 rings (SSSR count). The number of aryl methyl sites for hydroxylation is 2. The molecule has 2 aliphatic rings. The van der Waals surface area contributed by atoms with Gasteiger partial charge in [-0.1, -0.05) is 32.0 Å². The van der Waals surface area contributed by atoms with E-state index in [4.69, 9.17) is 9.47 Å². The second-order valence-corrected chi connectivity index (χ2v) is 9.31. The van der Waals surface area contributed by atoms with Gasteiger partial charge >= 0.3 is 0 Å². The fourth-order valence-electron chi connectivity index (χ4n) is 4.79. The quantitative estimate of drug-likeness (QED) is 0.252. The van der Waals surface area contributed by atoms with Gasteiger partial charge in [0.25, 0.3) is 0 Å². The van der Waals surface area contributed by atoms with E-state index in [1.807, 2.05) is 19.9 Å². The third-order valence-corrected chi connectivity index (χ3v) is 6.56. The Labute approximate surface area is 212 Å². The number of aromatic nitrogens is 4. The molecule has 3 aromatic rings. The molecule has 2 aromatic carbocycles. The first-order valence-electron chi connectivity index (χ1n) is 12.4. The van der Waals surface area contributed by atoms with Crippen LogP contribution in [0, 0.1) is 13.8 Å². The summed E-state index contributed by atoms with van der Waals surface area (Å²) in [6.07, 6.45) is 1.71. The first-order valence-corrected chi connectivity index (χ1v) is 12.4. The predicted molar refractivity (Wildman–Crippen MR) is 144 cm³/mol. The van der Waals surface area contributed by atoms with E-state index in [9.17, 15) is 0 Å². The summed E-state index contributed by atoms with van der Waals surface area (Å²) in [5.41, 5.74) is 8.85. The summed E-state index contributed by atoms with van der Waals surface area (Å²) < 4.78 is 15.9. The summed E-state index contributed by atoms with van der Waals surface area (Å²) >= 11 is 0. The molecule has 0 amide bonds. The first kappa shape index (κ1) is 23.7. The van der Waals surface area contributed by atoms with Gasteiger partial charge in [-0.2, -0.15) is 5.10 Å². The third-order valence-electron chi connectivity index (χ3n) is 6.56. The Kier molecular flexibility index (Phi) is 6.27. The van der Waals surface area contributed by atoms with E-state index in [-0.39, 0.29) is 0 Å². The Balaban J connectivity index is 1.74. The highest BCUT2D eigenvalue weighted by atomic mass is 16.5.